The molecule has 3 heterocycles. The number of alkyl halides is 3. The van der Waals surface area contributed by atoms with Crippen LogP contribution < -0.4 is 15.6 Å². The summed E-state index contributed by atoms with van der Waals surface area (Å²) in [5.41, 5.74) is -0.933. The summed E-state index contributed by atoms with van der Waals surface area (Å²) in [6.07, 6.45) is -4.92. The van der Waals surface area contributed by atoms with Gasteiger partial charge in [0.1, 0.15) is 10.8 Å². The third-order valence-electron chi connectivity index (χ3n) is 6.39. The number of morpholine rings is 1. The Morgan fingerprint density at radius 1 is 1.07 bits per heavy atom. The molecule has 1 fully saturated rings. The summed E-state index contributed by atoms with van der Waals surface area (Å²) in [5, 5.41) is 8.22. The maximum absolute atomic E-state index is 13.6. The van der Waals surface area contributed by atoms with Gasteiger partial charge in [-0.25, -0.2) is 13.2 Å². The normalized spacial score (nSPS) is 14.4. The average Bonchev–Trinajstić information content (AvgIpc) is 3.41. The van der Waals surface area contributed by atoms with Crippen molar-refractivity contribution in [3.05, 3.63) is 75.5 Å². The maximum Gasteiger partial charge on any atom is 0.573 e. The molecule has 0 saturated carbocycles. The summed E-state index contributed by atoms with van der Waals surface area (Å²) < 4.78 is 79.8. The molecular weight excluding hydrogens is 629 g/mol. The SMILES string of the molecule is CCOC(=O)c1nn(-c2ccc(OC(F)(F)F)cc2)c(=O)c2c(NC(=O)c3ccc(S(=O)(=O)N4CCOCC4)cc3)scc12. The predicted octanol–water partition coefficient (Wildman–Crippen LogP) is 3.80. The minimum absolute atomic E-state index is 0.00258. The van der Waals surface area contributed by atoms with Crippen LogP contribution >= 0.6 is 11.3 Å². The molecule has 2 aromatic carbocycles. The Balaban J connectivity index is 1.48. The van der Waals surface area contributed by atoms with E-state index in [0.717, 1.165) is 40.3 Å². The van der Waals surface area contributed by atoms with Crippen LogP contribution in [0.25, 0.3) is 16.5 Å². The number of esters is 1. The summed E-state index contributed by atoms with van der Waals surface area (Å²) in [5.74, 6) is -2.07. The third kappa shape index (κ3) is 6.45. The third-order valence-corrected chi connectivity index (χ3v) is 9.20. The van der Waals surface area contributed by atoms with Gasteiger partial charge < -0.3 is 19.5 Å². The monoisotopic (exact) mass is 652 g/mol. The van der Waals surface area contributed by atoms with Gasteiger partial charge in [0.05, 0.1) is 35.8 Å². The number of hydrogen-bond donors (Lipinski definition) is 1. The van der Waals surface area contributed by atoms with Crippen LogP contribution in [0, 0.1) is 0 Å². The molecule has 0 radical (unpaired) electrons. The number of fused-ring (bicyclic) bond motifs is 1. The lowest BCUT2D eigenvalue weighted by atomic mass is 10.2. The first-order valence-electron chi connectivity index (χ1n) is 13.0. The van der Waals surface area contributed by atoms with Crippen molar-refractivity contribution in [2.24, 2.45) is 0 Å². The van der Waals surface area contributed by atoms with Crippen LogP contribution in [0.4, 0.5) is 18.2 Å². The first-order valence-corrected chi connectivity index (χ1v) is 15.3. The van der Waals surface area contributed by atoms with E-state index in [9.17, 15) is 36.0 Å². The first kappa shape index (κ1) is 31.1. The summed E-state index contributed by atoms with van der Waals surface area (Å²) in [7, 11) is -3.78. The number of ether oxygens (including phenoxy) is 3. The number of rotatable bonds is 8. The number of nitrogens with one attached hydrogen (secondary N) is 1. The van der Waals surface area contributed by atoms with E-state index in [-0.39, 0.29) is 70.5 Å². The summed E-state index contributed by atoms with van der Waals surface area (Å²) in [4.78, 5) is 39.5. The van der Waals surface area contributed by atoms with Gasteiger partial charge in [0.2, 0.25) is 10.0 Å². The van der Waals surface area contributed by atoms with E-state index in [1.807, 2.05) is 0 Å². The molecule has 1 N–H and O–H groups in total. The Morgan fingerprint density at radius 3 is 2.34 bits per heavy atom. The fraction of sp³-hybridized carbons (Fsp3) is 0.259. The van der Waals surface area contributed by atoms with Crippen LogP contribution in [0.2, 0.25) is 0 Å². The molecule has 1 saturated heterocycles. The minimum atomic E-state index is -4.92. The van der Waals surface area contributed by atoms with Crippen molar-refractivity contribution in [2.45, 2.75) is 18.2 Å². The van der Waals surface area contributed by atoms with Crippen LogP contribution in [0.5, 0.6) is 5.75 Å². The van der Waals surface area contributed by atoms with Crippen molar-refractivity contribution < 1.29 is 45.4 Å². The molecule has 4 aromatic rings. The first-order chi connectivity index (χ1) is 20.9. The van der Waals surface area contributed by atoms with Crippen LogP contribution in [-0.2, 0) is 19.5 Å². The zero-order valence-electron chi connectivity index (χ0n) is 22.8. The van der Waals surface area contributed by atoms with E-state index in [4.69, 9.17) is 9.47 Å². The van der Waals surface area contributed by atoms with Crippen molar-refractivity contribution in [1.82, 2.24) is 14.1 Å². The van der Waals surface area contributed by atoms with E-state index in [0.29, 0.717) is 0 Å². The number of carbonyl (C=O) groups excluding carboxylic acids is 2. The van der Waals surface area contributed by atoms with E-state index in [1.54, 1.807) is 6.92 Å². The van der Waals surface area contributed by atoms with Crippen molar-refractivity contribution in [3.63, 3.8) is 0 Å². The summed E-state index contributed by atoms with van der Waals surface area (Å²) in [6, 6.07) is 9.50. The molecule has 12 nitrogen and oxygen atoms in total. The van der Waals surface area contributed by atoms with Crippen LogP contribution in [0.1, 0.15) is 27.8 Å². The highest BCUT2D eigenvalue weighted by atomic mass is 32.2. The number of amides is 1. The highest BCUT2D eigenvalue weighted by Gasteiger charge is 2.31. The van der Waals surface area contributed by atoms with E-state index in [1.165, 1.54) is 34.0 Å². The second-order valence-corrected chi connectivity index (χ2v) is 12.0. The van der Waals surface area contributed by atoms with E-state index >= 15 is 0 Å². The Kier molecular flexibility index (Phi) is 8.73. The van der Waals surface area contributed by atoms with E-state index < -0.39 is 39.6 Å². The lowest BCUT2D eigenvalue weighted by Crippen LogP contribution is -2.40. The van der Waals surface area contributed by atoms with Gasteiger partial charge in [0.15, 0.2) is 5.69 Å². The van der Waals surface area contributed by atoms with Gasteiger partial charge in [0, 0.05) is 29.4 Å². The summed E-state index contributed by atoms with van der Waals surface area (Å²) in [6.45, 7) is 2.54. The topological polar surface area (TPSA) is 146 Å². The predicted molar refractivity (Wildman–Crippen MR) is 152 cm³/mol. The van der Waals surface area contributed by atoms with Gasteiger partial charge in [-0.15, -0.1) is 24.5 Å². The molecule has 0 aliphatic carbocycles. The fourth-order valence-electron chi connectivity index (χ4n) is 4.35. The quantitative estimate of drug-likeness (QED) is 0.281. The Morgan fingerprint density at radius 2 is 1.73 bits per heavy atom. The number of anilines is 1. The molecule has 0 spiro atoms. The van der Waals surface area contributed by atoms with Gasteiger partial charge in [-0.2, -0.15) is 14.1 Å². The number of hydrogen-bond acceptors (Lipinski definition) is 10. The largest absolute Gasteiger partial charge is 0.573 e. The molecule has 1 aliphatic heterocycles. The van der Waals surface area contributed by atoms with Gasteiger partial charge >= 0.3 is 12.3 Å². The molecule has 44 heavy (non-hydrogen) atoms. The number of carbonyl (C=O) groups is 2. The smallest absolute Gasteiger partial charge is 0.461 e. The molecule has 17 heteroatoms. The van der Waals surface area contributed by atoms with Gasteiger partial charge in [-0.1, -0.05) is 0 Å². The lowest BCUT2D eigenvalue weighted by molar-refractivity contribution is -0.274. The molecule has 2 aromatic heterocycles. The summed E-state index contributed by atoms with van der Waals surface area (Å²) >= 11 is 0.936. The number of thiophene rings is 1. The Hall–Kier alpha value is -4.32. The molecule has 1 amide bonds. The second kappa shape index (κ2) is 12.4. The zero-order valence-corrected chi connectivity index (χ0v) is 24.4. The maximum atomic E-state index is 13.6. The second-order valence-electron chi connectivity index (χ2n) is 9.18. The Bertz CT molecular complexity index is 1870. The zero-order chi connectivity index (χ0) is 31.6. The minimum Gasteiger partial charge on any atom is -0.461 e. The van der Waals surface area contributed by atoms with Crippen LogP contribution in [0.15, 0.2) is 63.6 Å². The standard InChI is InChI=1S/C27H23F3N4O8S2/c1-2-41-26(37)22-20-15-43-24(21(20)25(36)34(32-22)17-5-7-18(8-6-17)42-27(28,29)30)31-23(35)16-3-9-19(10-4-16)44(38,39)33-11-13-40-14-12-33/h3-10,15H,2,11-14H2,1H3,(H,31,35). The lowest BCUT2D eigenvalue weighted by Gasteiger charge is -2.26. The number of sulfonamides is 1. The van der Waals surface area contributed by atoms with Gasteiger partial charge in [-0.05, 0) is 55.5 Å². The van der Waals surface area contributed by atoms with Crippen LogP contribution in [0.3, 0.4) is 0 Å². The van der Waals surface area contributed by atoms with Gasteiger partial charge in [0.25, 0.3) is 11.5 Å². The van der Waals surface area contributed by atoms with Crippen molar-refractivity contribution in [3.8, 4) is 11.4 Å². The molecule has 0 unspecified atom stereocenters. The van der Waals surface area contributed by atoms with Crippen molar-refractivity contribution >= 4 is 49.0 Å². The molecule has 0 bridgehead atoms. The number of halogens is 3. The van der Waals surface area contributed by atoms with Crippen molar-refractivity contribution in [1.29, 1.82) is 0 Å². The molecule has 5 rings (SSSR count). The van der Waals surface area contributed by atoms with E-state index in [2.05, 4.69) is 15.2 Å². The molecule has 1 aliphatic rings. The highest BCUT2D eigenvalue weighted by molar-refractivity contribution is 7.89. The average molecular weight is 653 g/mol. The molecule has 232 valence electrons. The molecular formula is C27H23F3N4O8S2. The van der Waals surface area contributed by atoms with Crippen molar-refractivity contribution in [2.75, 3.05) is 38.2 Å². The fourth-order valence-corrected chi connectivity index (χ4v) is 6.69. The molecule has 0 atom stereocenters. The van der Waals surface area contributed by atoms with Gasteiger partial charge in [-0.3, -0.25) is 9.59 Å². The number of aromatic nitrogens is 2. The number of benzene rings is 2. The Labute approximate surface area is 251 Å². The van der Waals surface area contributed by atoms with Crippen LogP contribution in [-0.4, -0.2) is 73.7 Å². The highest BCUT2D eigenvalue weighted by Crippen LogP contribution is 2.32. The number of nitrogens with zero attached hydrogens (tertiary/aromatic N) is 3.